The third-order valence-corrected chi connectivity index (χ3v) is 4.57. The van der Waals surface area contributed by atoms with Crippen LogP contribution in [0.5, 0.6) is 0 Å². The minimum Gasteiger partial charge on any atom is -0.360 e. The van der Waals surface area contributed by atoms with Gasteiger partial charge in [0.1, 0.15) is 11.6 Å². The quantitative estimate of drug-likeness (QED) is 0.390. The van der Waals surface area contributed by atoms with E-state index in [-0.39, 0.29) is 5.57 Å². The van der Waals surface area contributed by atoms with Gasteiger partial charge in [0.2, 0.25) is 0 Å². The number of anilines is 2. The Labute approximate surface area is 162 Å². The van der Waals surface area contributed by atoms with E-state index >= 15 is 0 Å². The zero-order valence-electron chi connectivity index (χ0n) is 14.5. The first-order valence-corrected chi connectivity index (χ1v) is 9.07. The molecule has 2 aromatic carbocycles. The smallest absolute Gasteiger partial charge is 0.267 e. The lowest BCUT2D eigenvalue weighted by Gasteiger charge is -2.12. The van der Waals surface area contributed by atoms with Gasteiger partial charge in [-0.25, -0.2) is 0 Å². The van der Waals surface area contributed by atoms with Crippen molar-refractivity contribution in [1.29, 1.82) is 5.26 Å². The van der Waals surface area contributed by atoms with Crippen molar-refractivity contribution in [3.8, 4) is 6.07 Å². The number of halogens is 1. The number of amides is 1. The first kappa shape index (κ1) is 19.0. The highest BCUT2D eigenvalue weighted by molar-refractivity contribution is 14.1. The number of para-hydroxylation sites is 1. The number of carbonyl (C=O) groups excluding carboxylic acids is 1. The molecule has 0 bridgehead atoms. The average molecular weight is 445 g/mol. The van der Waals surface area contributed by atoms with E-state index in [1.54, 1.807) is 0 Å². The van der Waals surface area contributed by atoms with Crippen molar-refractivity contribution in [3.63, 3.8) is 0 Å². The van der Waals surface area contributed by atoms with E-state index in [9.17, 15) is 10.1 Å². The number of hydrogen-bond acceptors (Lipinski definition) is 3. The maximum atomic E-state index is 12.4. The molecule has 0 aromatic heterocycles. The first-order chi connectivity index (χ1) is 12.0. The lowest BCUT2D eigenvalue weighted by Crippen LogP contribution is -2.15. The molecule has 0 aliphatic carbocycles. The predicted molar refractivity (Wildman–Crippen MR) is 110 cm³/mol. The van der Waals surface area contributed by atoms with Crippen LogP contribution >= 0.6 is 22.6 Å². The fraction of sp³-hybridized carbons (Fsp3) is 0.200. The van der Waals surface area contributed by atoms with E-state index in [4.69, 9.17) is 0 Å². The van der Waals surface area contributed by atoms with Crippen molar-refractivity contribution < 1.29 is 4.79 Å². The minimum atomic E-state index is -0.425. The van der Waals surface area contributed by atoms with Gasteiger partial charge in [-0.3, -0.25) is 4.79 Å². The van der Waals surface area contributed by atoms with E-state index in [1.165, 1.54) is 6.20 Å². The molecule has 0 spiro atoms. The molecule has 25 heavy (non-hydrogen) atoms. The highest BCUT2D eigenvalue weighted by atomic mass is 127. The Bertz CT molecular complexity index is 866. The second-order valence-electron chi connectivity index (χ2n) is 5.69. The minimum absolute atomic E-state index is 0.0308. The number of benzene rings is 2. The predicted octanol–water partition coefficient (Wildman–Crippen LogP) is 4.93. The molecule has 0 aliphatic heterocycles. The summed E-state index contributed by atoms with van der Waals surface area (Å²) in [7, 11) is 0. The molecule has 0 heterocycles. The monoisotopic (exact) mass is 445 g/mol. The lowest BCUT2D eigenvalue weighted by atomic mass is 10.1. The number of nitrogens with one attached hydrogen (secondary N) is 2. The van der Waals surface area contributed by atoms with Crippen molar-refractivity contribution in [2.75, 3.05) is 10.6 Å². The SMILES string of the molecule is CCc1cccc(C)c1N/C=C(/C#N)C(=O)Nc1ccc(I)cc1C. The van der Waals surface area contributed by atoms with Gasteiger partial charge < -0.3 is 10.6 Å². The van der Waals surface area contributed by atoms with E-state index in [2.05, 4.69) is 40.1 Å². The highest BCUT2D eigenvalue weighted by Crippen LogP contribution is 2.22. The molecule has 2 aromatic rings. The Balaban J connectivity index is 2.20. The zero-order chi connectivity index (χ0) is 18.4. The number of carbonyl (C=O) groups is 1. The van der Waals surface area contributed by atoms with Gasteiger partial charge in [-0.05, 0) is 77.7 Å². The molecule has 5 heteroatoms. The summed E-state index contributed by atoms with van der Waals surface area (Å²) in [6, 6.07) is 13.7. The topological polar surface area (TPSA) is 64.9 Å². The molecular weight excluding hydrogens is 425 g/mol. The van der Waals surface area contributed by atoms with Crippen LogP contribution in [0.15, 0.2) is 48.2 Å². The summed E-state index contributed by atoms with van der Waals surface area (Å²) in [6.07, 6.45) is 2.34. The molecule has 1 amide bonds. The summed E-state index contributed by atoms with van der Waals surface area (Å²) in [4.78, 5) is 12.4. The van der Waals surface area contributed by atoms with Crippen molar-refractivity contribution in [3.05, 3.63) is 68.4 Å². The van der Waals surface area contributed by atoms with Crippen molar-refractivity contribution in [2.24, 2.45) is 0 Å². The summed E-state index contributed by atoms with van der Waals surface area (Å²) in [5, 5.41) is 15.3. The molecule has 0 unspecified atom stereocenters. The molecule has 128 valence electrons. The Morgan fingerprint density at radius 3 is 2.64 bits per heavy atom. The summed E-state index contributed by atoms with van der Waals surface area (Å²) in [5.74, 6) is -0.425. The normalized spacial score (nSPS) is 10.9. The van der Waals surface area contributed by atoms with Crippen LogP contribution in [-0.4, -0.2) is 5.91 Å². The Morgan fingerprint density at radius 1 is 1.24 bits per heavy atom. The highest BCUT2D eigenvalue weighted by Gasteiger charge is 2.11. The van der Waals surface area contributed by atoms with Crippen LogP contribution in [0, 0.1) is 28.7 Å². The van der Waals surface area contributed by atoms with Gasteiger partial charge in [0.25, 0.3) is 5.91 Å². The van der Waals surface area contributed by atoms with E-state index in [0.717, 1.165) is 32.4 Å². The molecule has 0 radical (unpaired) electrons. The first-order valence-electron chi connectivity index (χ1n) is 7.99. The summed E-state index contributed by atoms with van der Waals surface area (Å²) in [5.41, 5.74) is 4.85. The van der Waals surface area contributed by atoms with E-state index < -0.39 is 5.91 Å². The maximum Gasteiger partial charge on any atom is 0.267 e. The van der Waals surface area contributed by atoms with Crippen LogP contribution in [0.4, 0.5) is 11.4 Å². The third-order valence-electron chi connectivity index (χ3n) is 3.90. The van der Waals surface area contributed by atoms with Crippen LogP contribution in [0.25, 0.3) is 0 Å². The maximum absolute atomic E-state index is 12.4. The largest absolute Gasteiger partial charge is 0.360 e. The molecule has 2 N–H and O–H groups in total. The summed E-state index contributed by atoms with van der Waals surface area (Å²) < 4.78 is 1.09. The fourth-order valence-corrected chi connectivity index (χ4v) is 3.13. The van der Waals surface area contributed by atoms with Gasteiger partial charge in [-0.1, -0.05) is 25.1 Å². The Kier molecular flexibility index (Phi) is 6.59. The van der Waals surface area contributed by atoms with Crippen LogP contribution in [0.3, 0.4) is 0 Å². The van der Waals surface area contributed by atoms with Gasteiger partial charge in [0, 0.05) is 21.1 Å². The van der Waals surface area contributed by atoms with E-state index in [1.807, 2.05) is 56.3 Å². The summed E-state index contributed by atoms with van der Waals surface area (Å²) >= 11 is 2.22. The van der Waals surface area contributed by atoms with Gasteiger partial charge in [0.05, 0.1) is 0 Å². The van der Waals surface area contributed by atoms with Gasteiger partial charge in [-0.2, -0.15) is 5.26 Å². The number of nitriles is 1. The second kappa shape index (κ2) is 8.67. The molecule has 2 rings (SSSR count). The number of nitrogens with zero attached hydrogens (tertiary/aromatic N) is 1. The number of aryl methyl sites for hydroxylation is 3. The van der Waals surface area contributed by atoms with Crippen LogP contribution in [0.1, 0.15) is 23.6 Å². The van der Waals surface area contributed by atoms with Gasteiger partial charge in [-0.15, -0.1) is 0 Å². The van der Waals surface area contributed by atoms with E-state index in [0.29, 0.717) is 5.69 Å². The second-order valence-corrected chi connectivity index (χ2v) is 6.94. The molecular formula is C20H20IN3O. The fourth-order valence-electron chi connectivity index (χ4n) is 2.48. The van der Waals surface area contributed by atoms with Crippen LogP contribution in [-0.2, 0) is 11.2 Å². The molecule has 0 aliphatic rings. The van der Waals surface area contributed by atoms with Crippen molar-refractivity contribution in [2.45, 2.75) is 27.2 Å². The molecule has 4 nitrogen and oxygen atoms in total. The number of rotatable bonds is 5. The Morgan fingerprint density at radius 2 is 2.00 bits per heavy atom. The van der Waals surface area contributed by atoms with Crippen molar-refractivity contribution >= 4 is 39.9 Å². The average Bonchev–Trinajstić information content (AvgIpc) is 2.59. The van der Waals surface area contributed by atoms with Crippen molar-refractivity contribution in [1.82, 2.24) is 0 Å². The molecule has 0 saturated heterocycles. The lowest BCUT2D eigenvalue weighted by molar-refractivity contribution is -0.112. The Hall–Kier alpha value is -2.33. The molecule has 0 fully saturated rings. The third kappa shape index (κ3) is 4.83. The van der Waals surface area contributed by atoms with Crippen LogP contribution in [0.2, 0.25) is 0 Å². The standard InChI is InChI=1S/C20H20IN3O/c1-4-15-7-5-6-13(2)19(15)23-12-16(11-22)20(25)24-18-9-8-17(21)10-14(18)3/h5-10,12,23H,4H2,1-3H3,(H,24,25)/b16-12-. The zero-order valence-corrected chi connectivity index (χ0v) is 16.6. The molecule has 0 atom stereocenters. The molecule has 0 saturated carbocycles. The summed E-state index contributed by atoms with van der Waals surface area (Å²) in [6.45, 7) is 5.99. The van der Waals surface area contributed by atoms with Gasteiger partial charge in [0.15, 0.2) is 0 Å². The van der Waals surface area contributed by atoms with Crippen LogP contribution < -0.4 is 10.6 Å². The number of hydrogen-bond donors (Lipinski definition) is 2. The van der Waals surface area contributed by atoms with Gasteiger partial charge >= 0.3 is 0 Å².